The molecule has 90 valence electrons. The summed E-state index contributed by atoms with van der Waals surface area (Å²) in [6.07, 6.45) is 12.2. The summed E-state index contributed by atoms with van der Waals surface area (Å²) in [5.74, 6) is 0. The molecule has 0 saturated heterocycles. The summed E-state index contributed by atoms with van der Waals surface area (Å²) in [4.78, 5) is 0. The first-order valence-electron chi connectivity index (χ1n) is 6.54. The lowest BCUT2D eigenvalue weighted by Gasteiger charge is -2.18. The van der Waals surface area contributed by atoms with Crippen LogP contribution in [0.2, 0.25) is 0 Å². The van der Waals surface area contributed by atoms with E-state index in [-0.39, 0.29) is 6.10 Å². The fraction of sp³-hybridized carbons (Fsp3) is 1.00. The molecular formula is C13H26O2. The van der Waals surface area contributed by atoms with Crippen molar-refractivity contribution in [3.8, 4) is 0 Å². The minimum Gasteiger partial charge on any atom is -0.393 e. The number of methoxy groups -OCH3 is 1. The van der Waals surface area contributed by atoms with Crippen molar-refractivity contribution in [2.45, 2.75) is 76.4 Å². The maximum atomic E-state index is 9.75. The van der Waals surface area contributed by atoms with Gasteiger partial charge in [0, 0.05) is 7.11 Å². The van der Waals surface area contributed by atoms with Crippen LogP contribution in [0.25, 0.3) is 0 Å². The normalized spacial score (nSPS) is 31.6. The second-order valence-corrected chi connectivity index (χ2v) is 4.79. The van der Waals surface area contributed by atoms with Gasteiger partial charge < -0.3 is 9.84 Å². The van der Waals surface area contributed by atoms with Crippen LogP contribution in [0.15, 0.2) is 0 Å². The summed E-state index contributed by atoms with van der Waals surface area (Å²) in [6.45, 7) is 0. The predicted molar refractivity (Wildman–Crippen MR) is 63.0 cm³/mol. The summed E-state index contributed by atoms with van der Waals surface area (Å²) in [6, 6.07) is 0. The smallest absolute Gasteiger partial charge is 0.0572 e. The van der Waals surface area contributed by atoms with E-state index in [1.807, 2.05) is 0 Å². The third-order valence-electron chi connectivity index (χ3n) is 3.47. The van der Waals surface area contributed by atoms with Gasteiger partial charge in [-0.3, -0.25) is 0 Å². The van der Waals surface area contributed by atoms with Gasteiger partial charge in [-0.2, -0.15) is 0 Å². The molecule has 1 aliphatic rings. The predicted octanol–water partition coefficient (Wildman–Crippen LogP) is 3.28. The van der Waals surface area contributed by atoms with Crippen molar-refractivity contribution in [1.82, 2.24) is 0 Å². The molecule has 0 aromatic carbocycles. The Kier molecular flexibility index (Phi) is 7.03. The first-order chi connectivity index (χ1) is 7.33. The number of ether oxygens (including phenoxy) is 1. The van der Waals surface area contributed by atoms with Crippen molar-refractivity contribution < 1.29 is 9.84 Å². The average Bonchev–Trinajstić information content (AvgIpc) is 2.23. The molecule has 0 aliphatic heterocycles. The molecule has 0 amide bonds. The van der Waals surface area contributed by atoms with Crippen molar-refractivity contribution >= 4 is 0 Å². The van der Waals surface area contributed by atoms with Gasteiger partial charge in [0.2, 0.25) is 0 Å². The third kappa shape index (κ3) is 6.16. The lowest BCUT2D eigenvalue weighted by molar-refractivity contribution is 0.0623. The minimum absolute atomic E-state index is 0.0953. The summed E-state index contributed by atoms with van der Waals surface area (Å²) in [7, 11) is 1.79. The van der Waals surface area contributed by atoms with E-state index in [1.54, 1.807) is 7.11 Å². The van der Waals surface area contributed by atoms with Crippen LogP contribution in [0.4, 0.5) is 0 Å². The van der Waals surface area contributed by atoms with Gasteiger partial charge in [-0.1, -0.05) is 38.5 Å². The first-order valence-corrected chi connectivity index (χ1v) is 6.54. The quantitative estimate of drug-likeness (QED) is 0.726. The van der Waals surface area contributed by atoms with Gasteiger partial charge in [-0.15, -0.1) is 0 Å². The van der Waals surface area contributed by atoms with Crippen molar-refractivity contribution in [3.63, 3.8) is 0 Å². The molecule has 2 unspecified atom stereocenters. The zero-order valence-electron chi connectivity index (χ0n) is 10.1. The first kappa shape index (κ1) is 13.0. The van der Waals surface area contributed by atoms with Crippen LogP contribution in [0, 0.1) is 0 Å². The highest BCUT2D eigenvalue weighted by Crippen LogP contribution is 2.18. The van der Waals surface area contributed by atoms with Crippen molar-refractivity contribution in [2.75, 3.05) is 7.11 Å². The van der Waals surface area contributed by atoms with E-state index in [1.165, 1.54) is 44.9 Å². The Labute approximate surface area is 94.0 Å². The standard InChI is InChI=1S/C13H26O2/c1-15-13-9-7-5-3-2-4-6-8-12(14)10-11-13/h12-14H,2-11H2,1H3. The lowest BCUT2D eigenvalue weighted by Crippen LogP contribution is -2.15. The van der Waals surface area contributed by atoms with E-state index >= 15 is 0 Å². The molecule has 0 heterocycles. The fourth-order valence-electron chi connectivity index (χ4n) is 2.36. The van der Waals surface area contributed by atoms with Crippen LogP contribution in [-0.2, 0) is 4.74 Å². The van der Waals surface area contributed by atoms with Gasteiger partial charge in [0.25, 0.3) is 0 Å². The summed E-state index contributed by atoms with van der Waals surface area (Å²) in [5, 5.41) is 9.75. The molecule has 1 fully saturated rings. The molecule has 1 saturated carbocycles. The molecule has 2 heteroatoms. The minimum atomic E-state index is -0.0953. The van der Waals surface area contributed by atoms with Crippen LogP contribution in [-0.4, -0.2) is 24.4 Å². The SMILES string of the molecule is COC1CCCCCCCCC(O)CC1. The summed E-state index contributed by atoms with van der Waals surface area (Å²) in [5.41, 5.74) is 0. The Bertz CT molecular complexity index is 147. The topological polar surface area (TPSA) is 29.5 Å². The van der Waals surface area contributed by atoms with E-state index in [0.29, 0.717) is 6.10 Å². The second-order valence-electron chi connectivity index (χ2n) is 4.79. The van der Waals surface area contributed by atoms with Crippen LogP contribution in [0.1, 0.15) is 64.2 Å². The average molecular weight is 214 g/mol. The molecule has 0 aromatic rings. The van der Waals surface area contributed by atoms with Gasteiger partial charge in [-0.05, 0) is 25.7 Å². The van der Waals surface area contributed by atoms with E-state index in [4.69, 9.17) is 4.74 Å². The maximum absolute atomic E-state index is 9.75. The zero-order chi connectivity index (χ0) is 10.9. The maximum Gasteiger partial charge on any atom is 0.0572 e. The van der Waals surface area contributed by atoms with E-state index in [2.05, 4.69) is 0 Å². The van der Waals surface area contributed by atoms with Gasteiger partial charge in [0.05, 0.1) is 12.2 Å². The number of aliphatic hydroxyl groups excluding tert-OH is 1. The van der Waals surface area contributed by atoms with Crippen LogP contribution < -0.4 is 0 Å². The zero-order valence-corrected chi connectivity index (χ0v) is 10.1. The second kappa shape index (κ2) is 8.12. The number of rotatable bonds is 1. The largest absolute Gasteiger partial charge is 0.393 e. The molecule has 15 heavy (non-hydrogen) atoms. The molecule has 1 aliphatic carbocycles. The van der Waals surface area contributed by atoms with Crippen LogP contribution in [0.3, 0.4) is 0 Å². The Morgan fingerprint density at radius 1 is 0.800 bits per heavy atom. The molecular weight excluding hydrogens is 188 g/mol. The molecule has 1 N–H and O–H groups in total. The van der Waals surface area contributed by atoms with Gasteiger partial charge in [0.1, 0.15) is 0 Å². The Morgan fingerprint density at radius 3 is 2.07 bits per heavy atom. The third-order valence-corrected chi connectivity index (χ3v) is 3.47. The van der Waals surface area contributed by atoms with Gasteiger partial charge >= 0.3 is 0 Å². The van der Waals surface area contributed by atoms with Crippen molar-refractivity contribution in [2.24, 2.45) is 0 Å². The van der Waals surface area contributed by atoms with Crippen LogP contribution in [0.5, 0.6) is 0 Å². The number of aliphatic hydroxyl groups is 1. The van der Waals surface area contributed by atoms with Gasteiger partial charge in [0.15, 0.2) is 0 Å². The van der Waals surface area contributed by atoms with Gasteiger partial charge in [-0.25, -0.2) is 0 Å². The fourth-order valence-corrected chi connectivity index (χ4v) is 2.36. The van der Waals surface area contributed by atoms with E-state index < -0.39 is 0 Å². The monoisotopic (exact) mass is 214 g/mol. The highest BCUT2D eigenvalue weighted by atomic mass is 16.5. The Hall–Kier alpha value is -0.0800. The Morgan fingerprint density at radius 2 is 1.40 bits per heavy atom. The molecule has 2 nitrogen and oxygen atoms in total. The summed E-state index contributed by atoms with van der Waals surface area (Å²) >= 11 is 0. The molecule has 0 spiro atoms. The molecule has 1 rings (SSSR count). The summed E-state index contributed by atoms with van der Waals surface area (Å²) < 4.78 is 5.43. The van der Waals surface area contributed by atoms with Crippen LogP contribution >= 0.6 is 0 Å². The van der Waals surface area contributed by atoms with Crippen molar-refractivity contribution in [1.29, 1.82) is 0 Å². The highest BCUT2D eigenvalue weighted by Gasteiger charge is 2.11. The van der Waals surface area contributed by atoms with E-state index in [0.717, 1.165) is 19.3 Å². The molecule has 2 atom stereocenters. The van der Waals surface area contributed by atoms with E-state index in [9.17, 15) is 5.11 Å². The number of hydrogen-bond acceptors (Lipinski definition) is 2. The highest BCUT2D eigenvalue weighted by molar-refractivity contribution is 4.65. The Balaban J connectivity index is 2.27. The molecule has 0 aromatic heterocycles. The molecule has 0 radical (unpaired) electrons. The number of hydrogen-bond donors (Lipinski definition) is 1. The lowest BCUT2D eigenvalue weighted by atomic mass is 9.98. The van der Waals surface area contributed by atoms with Crippen molar-refractivity contribution in [3.05, 3.63) is 0 Å². The molecule has 0 bridgehead atoms.